The van der Waals surface area contributed by atoms with E-state index in [4.69, 9.17) is 9.47 Å². The van der Waals surface area contributed by atoms with Gasteiger partial charge in [-0.2, -0.15) is 4.39 Å². The van der Waals surface area contributed by atoms with Crippen molar-refractivity contribution < 1.29 is 36.2 Å². The highest BCUT2D eigenvalue weighted by Gasteiger charge is 2.28. The average Bonchev–Trinajstić information content (AvgIpc) is 2.91. The first-order valence-electron chi connectivity index (χ1n) is 12.8. The second-order valence-electron chi connectivity index (χ2n) is 9.61. The molecule has 0 spiro atoms. The summed E-state index contributed by atoms with van der Waals surface area (Å²) < 4.78 is 83.0. The molecule has 0 saturated heterocycles. The lowest BCUT2D eigenvalue weighted by atomic mass is 9.82. The topological polar surface area (TPSA) is 35.5 Å². The minimum absolute atomic E-state index is 0.0691. The number of unbranched alkanes of at least 4 members (excludes halogenated alkanes) is 1. The number of carbonyl (C=O) groups excluding carboxylic acids is 1. The van der Waals surface area contributed by atoms with Gasteiger partial charge in [0, 0.05) is 11.1 Å². The molecule has 1 saturated carbocycles. The summed E-state index contributed by atoms with van der Waals surface area (Å²) in [4.78, 5) is 12.6. The van der Waals surface area contributed by atoms with Gasteiger partial charge in [0.1, 0.15) is 11.9 Å². The molecule has 0 N–H and O–H groups in total. The van der Waals surface area contributed by atoms with Crippen LogP contribution < -0.4 is 4.74 Å². The lowest BCUT2D eigenvalue weighted by molar-refractivity contribution is 0.0193. The number of esters is 1. The molecule has 0 unspecified atom stereocenters. The van der Waals surface area contributed by atoms with E-state index in [0.29, 0.717) is 37.7 Å². The Morgan fingerprint density at radius 3 is 2.24 bits per heavy atom. The van der Waals surface area contributed by atoms with Crippen molar-refractivity contribution in [2.75, 3.05) is 6.61 Å². The molecule has 202 valence electrons. The van der Waals surface area contributed by atoms with Crippen LogP contribution in [0.5, 0.6) is 5.75 Å². The Kier molecular flexibility index (Phi) is 8.69. The van der Waals surface area contributed by atoms with Crippen molar-refractivity contribution in [3.05, 3.63) is 88.2 Å². The van der Waals surface area contributed by atoms with Gasteiger partial charge in [-0.15, -0.1) is 0 Å². The van der Waals surface area contributed by atoms with Gasteiger partial charge in [0.2, 0.25) is 5.82 Å². The summed E-state index contributed by atoms with van der Waals surface area (Å²) in [6.45, 7) is 3.68. The number of hydrogen-bond donors (Lipinski definition) is 0. The number of aryl methyl sites for hydroxylation is 1. The maximum atomic E-state index is 14.9. The molecular formula is C30H29F5O3. The summed E-state index contributed by atoms with van der Waals surface area (Å²) in [7, 11) is 0. The fraction of sp³-hybridized carbons (Fsp3) is 0.367. The second-order valence-corrected chi connectivity index (χ2v) is 9.61. The van der Waals surface area contributed by atoms with Gasteiger partial charge in [-0.1, -0.05) is 31.5 Å². The van der Waals surface area contributed by atoms with Crippen LogP contribution in [0.1, 0.15) is 72.9 Å². The van der Waals surface area contributed by atoms with Crippen molar-refractivity contribution in [1.29, 1.82) is 0 Å². The first-order valence-corrected chi connectivity index (χ1v) is 12.8. The number of rotatable bonds is 8. The Labute approximate surface area is 218 Å². The number of carbonyl (C=O) groups is 1. The Bertz CT molecular complexity index is 1320. The quantitative estimate of drug-likeness (QED) is 0.166. The monoisotopic (exact) mass is 532 g/mol. The highest BCUT2D eigenvalue weighted by molar-refractivity contribution is 5.90. The average molecular weight is 533 g/mol. The van der Waals surface area contributed by atoms with Crippen LogP contribution in [-0.4, -0.2) is 18.7 Å². The van der Waals surface area contributed by atoms with Crippen molar-refractivity contribution in [3.8, 4) is 16.9 Å². The molecule has 0 aromatic heterocycles. The zero-order valence-corrected chi connectivity index (χ0v) is 21.3. The minimum Gasteiger partial charge on any atom is -0.490 e. The Hall–Kier alpha value is -3.42. The largest absolute Gasteiger partial charge is 0.490 e. The van der Waals surface area contributed by atoms with Crippen LogP contribution in [-0.2, 0) is 4.74 Å². The third kappa shape index (κ3) is 5.84. The van der Waals surface area contributed by atoms with E-state index in [9.17, 15) is 26.7 Å². The van der Waals surface area contributed by atoms with E-state index < -0.39 is 41.2 Å². The standard InChI is InChI=1S/C30H29F5O3/c1-3-4-15-37-25-14-13-23(28(34)29(25)35)22-12-8-19(16-24(22)31)30(36)38-20-9-6-18(7-10-20)21-11-5-17(2)26(32)27(21)33/h5,8,11-14,16,18,20H,3-4,6-7,9-10,15H2,1-2H3. The molecule has 4 rings (SSSR count). The molecule has 0 radical (unpaired) electrons. The third-order valence-corrected chi connectivity index (χ3v) is 6.99. The van der Waals surface area contributed by atoms with E-state index in [1.165, 1.54) is 31.2 Å². The lowest BCUT2D eigenvalue weighted by Crippen LogP contribution is -2.24. The van der Waals surface area contributed by atoms with Crippen LogP contribution in [0.3, 0.4) is 0 Å². The van der Waals surface area contributed by atoms with Gasteiger partial charge in [-0.25, -0.2) is 22.4 Å². The molecule has 3 aromatic carbocycles. The second kappa shape index (κ2) is 12.0. The van der Waals surface area contributed by atoms with Crippen molar-refractivity contribution in [2.45, 2.75) is 64.4 Å². The minimum atomic E-state index is -1.24. The van der Waals surface area contributed by atoms with Crippen molar-refractivity contribution in [1.82, 2.24) is 0 Å². The predicted molar refractivity (Wildman–Crippen MR) is 134 cm³/mol. The molecule has 0 aliphatic heterocycles. The molecular weight excluding hydrogens is 503 g/mol. The highest BCUT2D eigenvalue weighted by atomic mass is 19.2. The van der Waals surface area contributed by atoms with Crippen LogP contribution >= 0.6 is 0 Å². The van der Waals surface area contributed by atoms with Crippen LogP contribution in [0, 0.1) is 36.0 Å². The van der Waals surface area contributed by atoms with Crippen molar-refractivity contribution >= 4 is 5.97 Å². The summed E-state index contributed by atoms with van der Waals surface area (Å²) in [6, 6.07) is 9.05. The Morgan fingerprint density at radius 2 is 1.55 bits per heavy atom. The normalized spacial score (nSPS) is 17.3. The van der Waals surface area contributed by atoms with E-state index in [-0.39, 0.29) is 40.5 Å². The molecule has 0 atom stereocenters. The molecule has 3 nitrogen and oxygen atoms in total. The van der Waals surface area contributed by atoms with Gasteiger partial charge in [-0.05, 0) is 80.3 Å². The zero-order valence-electron chi connectivity index (χ0n) is 21.3. The summed E-state index contributed by atoms with van der Waals surface area (Å²) in [5, 5.41) is 0. The van der Waals surface area contributed by atoms with E-state index in [1.54, 1.807) is 12.1 Å². The van der Waals surface area contributed by atoms with Crippen LogP contribution in [0.2, 0.25) is 0 Å². The van der Waals surface area contributed by atoms with Gasteiger partial charge >= 0.3 is 5.97 Å². The first kappa shape index (κ1) is 27.6. The van der Waals surface area contributed by atoms with E-state index in [1.807, 2.05) is 6.92 Å². The third-order valence-electron chi connectivity index (χ3n) is 6.99. The Morgan fingerprint density at radius 1 is 0.842 bits per heavy atom. The van der Waals surface area contributed by atoms with E-state index in [0.717, 1.165) is 12.5 Å². The summed E-state index contributed by atoms with van der Waals surface area (Å²) in [5.74, 6) is -6.21. The molecule has 0 heterocycles. The maximum Gasteiger partial charge on any atom is 0.338 e. The Balaban J connectivity index is 1.40. The van der Waals surface area contributed by atoms with Gasteiger partial charge in [0.05, 0.1) is 12.2 Å². The molecule has 0 bridgehead atoms. The summed E-state index contributed by atoms with van der Waals surface area (Å²) in [5.41, 5.74) is 0.000363. The van der Waals surface area contributed by atoms with Gasteiger partial charge < -0.3 is 9.47 Å². The number of ether oxygens (including phenoxy) is 2. The zero-order chi connectivity index (χ0) is 27.4. The van der Waals surface area contributed by atoms with Crippen molar-refractivity contribution in [2.24, 2.45) is 0 Å². The fourth-order valence-corrected chi connectivity index (χ4v) is 4.73. The van der Waals surface area contributed by atoms with Gasteiger partial charge in [0.15, 0.2) is 23.2 Å². The van der Waals surface area contributed by atoms with Crippen molar-refractivity contribution in [3.63, 3.8) is 0 Å². The number of halogens is 5. The van der Waals surface area contributed by atoms with E-state index >= 15 is 0 Å². The summed E-state index contributed by atoms with van der Waals surface area (Å²) in [6.07, 6.45) is 2.97. The molecule has 8 heteroatoms. The lowest BCUT2D eigenvalue weighted by Gasteiger charge is -2.29. The SMILES string of the molecule is CCCCOc1ccc(-c2ccc(C(=O)OC3CCC(c4ccc(C)c(F)c4F)CC3)cc2F)c(F)c1F. The fourth-order valence-electron chi connectivity index (χ4n) is 4.73. The maximum absolute atomic E-state index is 14.9. The van der Waals surface area contributed by atoms with Gasteiger partial charge in [-0.3, -0.25) is 0 Å². The molecule has 1 fully saturated rings. The van der Waals surface area contributed by atoms with Gasteiger partial charge in [0.25, 0.3) is 0 Å². The van der Waals surface area contributed by atoms with E-state index in [2.05, 4.69) is 0 Å². The highest BCUT2D eigenvalue weighted by Crippen LogP contribution is 2.37. The molecule has 38 heavy (non-hydrogen) atoms. The number of hydrogen-bond acceptors (Lipinski definition) is 3. The smallest absolute Gasteiger partial charge is 0.338 e. The molecule has 3 aromatic rings. The molecule has 0 amide bonds. The molecule has 1 aliphatic carbocycles. The molecule has 1 aliphatic rings. The van der Waals surface area contributed by atoms with Crippen LogP contribution in [0.15, 0.2) is 42.5 Å². The van der Waals surface area contributed by atoms with Crippen LogP contribution in [0.25, 0.3) is 11.1 Å². The summed E-state index contributed by atoms with van der Waals surface area (Å²) >= 11 is 0. The van der Waals surface area contributed by atoms with Crippen LogP contribution in [0.4, 0.5) is 22.0 Å². The first-order chi connectivity index (χ1) is 18.2. The predicted octanol–water partition coefficient (Wildman–Crippen LogP) is 8.42. The number of benzene rings is 3.